The molecular formula is C28H38O10. The van der Waals surface area contributed by atoms with Gasteiger partial charge in [-0.2, -0.15) is 0 Å². The fourth-order valence-electron chi connectivity index (χ4n) is 6.83. The number of aliphatic hydroxyl groups is 1. The molecular weight excluding hydrogens is 496 g/mol. The summed E-state index contributed by atoms with van der Waals surface area (Å²) in [5.74, 6) is -3.43. The van der Waals surface area contributed by atoms with E-state index in [0.29, 0.717) is 12.0 Å². The molecule has 38 heavy (non-hydrogen) atoms. The minimum Gasteiger partial charge on any atom is -0.462 e. The first-order valence-corrected chi connectivity index (χ1v) is 13.2. The maximum atomic E-state index is 12.9. The van der Waals surface area contributed by atoms with Gasteiger partial charge in [0.2, 0.25) is 0 Å². The lowest BCUT2D eigenvalue weighted by Crippen LogP contribution is -2.65. The summed E-state index contributed by atoms with van der Waals surface area (Å²) in [5, 5.41) is 12.2. The van der Waals surface area contributed by atoms with E-state index in [-0.39, 0.29) is 12.8 Å². The summed E-state index contributed by atoms with van der Waals surface area (Å²) >= 11 is 0. The Morgan fingerprint density at radius 3 is 2.37 bits per heavy atom. The molecule has 1 spiro atoms. The molecule has 10 nitrogen and oxygen atoms in total. The summed E-state index contributed by atoms with van der Waals surface area (Å²) in [6, 6.07) is 0. The summed E-state index contributed by atoms with van der Waals surface area (Å²) in [6.45, 7) is 11.4. The average molecular weight is 535 g/mol. The number of ether oxygens (including phenoxy) is 5. The molecule has 0 aromatic rings. The minimum absolute atomic E-state index is 0.139. The maximum Gasteiger partial charge on any atom is 0.342 e. The molecule has 1 saturated carbocycles. The zero-order valence-corrected chi connectivity index (χ0v) is 23.0. The van der Waals surface area contributed by atoms with Crippen molar-refractivity contribution in [1.29, 1.82) is 0 Å². The van der Waals surface area contributed by atoms with Crippen LogP contribution in [0.1, 0.15) is 67.7 Å². The van der Waals surface area contributed by atoms with Crippen LogP contribution >= 0.6 is 0 Å². The molecule has 2 aliphatic carbocycles. The third kappa shape index (κ3) is 4.25. The van der Waals surface area contributed by atoms with Crippen molar-refractivity contribution < 1.29 is 48.0 Å². The molecule has 1 N–H and O–H groups in total. The van der Waals surface area contributed by atoms with Crippen LogP contribution in [0.15, 0.2) is 23.8 Å². The van der Waals surface area contributed by atoms with Crippen LogP contribution in [-0.4, -0.2) is 70.7 Å². The number of rotatable bonds is 5. The van der Waals surface area contributed by atoms with Crippen LogP contribution in [0.2, 0.25) is 0 Å². The molecule has 0 aromatic carbocycles. The first-order chi connectivity index (χ1) is 17.7. The van der Waals surface area contributed by atoms with Crippen LogP contribution in [0, 0.1) is 17.3 Å². The van der Waals surface area contributed by atoms with Gasteiger partial charge in [0.05, 0.1) is 11.5 Å². The van der Waals surface area contributed by atoms with Gasteiger partial charge in [-0.25, -0.2) is 4.79 Å². The molecule has 0 bridgehead atoms. The highest BCUT2D eigenvalue weighted by Gasteiger charge is 2.86. The maximum absolute atomic E-state index is 12.9. The van der Waals surface area contributed by atoms with Crippen LogP contribution in [0.5, 0.6) is 0 Å². The Morgan fingerprint density at radius 2 is 1.79 bits per heavy atom. The van der Waals surface area contributed by atoms with Gasteiger partial charge in [-0.15, -0.1) is 0 Å². The van der Waals surface area contributed by atoms with E-state index in [0.717, 1.165) is 0 Å². The minimum atomic E-state index is -1.42. The monoisotopic (exact) mass is 534 g/mol. The van der Waals surface area contributed by atoms with Crippen LogP contribution < -0.4 is 0 Å². The van der Waals surface area contributed by atoms with Gasteiger partial charge in [-0.3, -0.25) is 14.4 Å². The van der Waals surface area contributed by atoms with E-state index in [1.165, 1.54) is 13.8 Å². The predicted octanol–water partition coefficient (Wildman–Crippen LogP) is 2.55. The summed E-state index contributed by atoms with van der Waals surface area (Å²) in [5.41, 5.74) is -3.31. The molecule has 2 aliphatic heterocycles. The number of carbonyl (C=O) groups is 4. The van der Waals surface area contributed by atoms with Gasteiger partial charge in [0.1, 0.15) is 18.3 Å². The van der Waals surface area contributed by atoms with Crippen molar-refractivity contribution in [3.63, 3.8) is 0 Å². The topological polar surface area (TPSA) is 138 Å². The quantitative estimate of drug-likeness (QED) is 0.318. The second-order valence-electron chi connectivity index (χ2n) is 11.4. The van der Waals surface area contributed by atoms with Gasteiger partial charge in [0.15, 0.2) is 17.3 Å². The van der Waals surface area contributed by atoms with Gasteiger partial charge in [-0.05, 0) is 38.3 Å². The fraction of sp³-hybridized carbons (Fsp3) is 0.714. The predicted molar refractivity (Wildman–Crippen MR) is 132 cm³/mol. The first kappa shape index (κ1) is 28.3. The average Bonchev–Trinajstić information content (AvgIpc) is 3.40. The third-order valence-electron chi connectivity index (χ3n) is 8.81. The Balaban J connectivity index is 1.91. The van der Waals surface area contributed by atoms with Gasteiger partial charge in [0.25, 0.3) is 0 Å². The van der Waals surface area contributed by atoms with E-state index >= 15 is 0 Å². The molecule has 210 valence electrons. The van der Waals surface area contributed by atoms with Gasteiger partial charge >= 0.3 is 23.9 Å². The standard InChI is InChI=1S/C28H38O10/c1-8-9-22(31)36-18-13-20(35-17(5)30)26(6)19(34-16(4)29)11-10-14(2)12-21-28(24(32)23(26)15(18)3)27(7,38-28)25(33)37-21/h10-12,15,18-21,23-24,32H,8-9,13H2,1-7H3. The van der Waals surface area contributed by atoms with E-state index in [1.54, 1.807) is 39.0 Å². The molecule has 10 heteroatoms. The zero-order valence-electron chi connectivity index (χ0n) is 23.0. The summed E-state index contributed by atoms with van der Waals surface area (Å²) < 4.78 is 29.2. The molecule has 10 unspecified atom stereocenters. The second kappa shape index (κ2) is 9.79. The van der Waals surface area contributed by atoms with E-state index in [9.17, 15) is 24.3 Å². The Labute approximate surface area is 222 Å². The lowest BCUT2D eigenvalue weighted by atomic mass is 9.53. The van der Waals surface area contributed by atoms with Crippen molar-refractivity contribution in [2.24, 2.45) is 17.3 Å². The number of carbonyl (C=O) groups excluding carboxylic acids is 4. The van der Waals surface area contributed by atoms with Crippen LogP contribution in [0.4, 0.5) is 0 Å². The van der Waals surface area contributed by atoms with Crippen molar-refractivity contribution in [2.75, 3.05) is 0 Å². The SMILES string of the molecule is CCCC(=O)OC1CC(OC(C)=O)C2(C)C(OC(C)=O)C=CC(C)=CC3OC(=O)C4(C)OC34C(O)C2C1C. The third-order valence-corrected chi connectivity index (χ3v) is 8.81. The normalized spacial score (nSPS) is 43.4. The number of hydrogen-bond donors (Lipinski definition) is 1. The molecule has 4 rings (SSSR count). The van der Waals surface area contributed by atoms with Gasteiger partial charge in [0, 0.05) is 32.6 Å². The Kier molecular flexibility index (Phi) is 7.29. The molecule has 2 saturated heterocycles. The molecule has 3 fully saturated rings. The molecule has 0 aromatic heterocycles. The number of aliphatic hydroxyl groups excluding tert-OH is 1. The second-order valence-corrected chi connectivity index (χ2v) is 11.4. The Hall–Kier alpha value is -2.72. The van der Waals surface area contributed by atoms with E-state index in [1.807, 2.05) is 13.8 Å². The largest absolute Gasteiger partial charge is 0.462 e. The molecule has 0 amide bonds. The van der Waals surface area contributed by atoms with Crippen LogP contribution in [-0.2, 0) is 42.9 Å². The summed E-state index contributed by atoms with van der Waals surface area (Å²) in [7, 11) is 0. The Bertz CT molecular complexity index is 1080. The number of fused-ring (bicyclic) bond motifs is 1. The highest BCUT2D eigenvalue weighted by molar-refractivity contribution is 5.89. The van der Waals surface area contributed by atoms with Crippen molar-refractivity contribution in [2.45, 2.75) is 109 Å². The lowest BCUT2D eigenvalue weighted by molar-refractivity contribution is -0.223. The molecule has 4 aliphatic rings. The van der Waals surface area contributed by atoms with Crippen molar-refractivity contribution in [3.8, 4) is 0 Å². The van der Waals surface area contributed by atoms with Gasteiger partial charge < -0.3 is 28.8 Å². The van der Waals surface area contributed by atoms with Crippen LogP contribution in [0.25, 0.3) is 0 Å². The zero-order chi connectivity index (χ0) is 28.2. The number of allylic oxidation sites excluding steroid dienone is 2. The highest BCUT2D eigenvalue weighted by Crippen LogP contribution is 2.64. The van der Waals surface area contributed by atoms with Crippen LogP contribution in [0.3, 0.4) is 0 Å². The molecule has 0 radical (unpaired) electrons. The molecule has 10 atom stereocenters. The van der Waals surface area contributed by atoms with Crippen molar-refractivity contribution >= 4 is 23.9 Å². The molecule has 2 heterocycles. The van der Waals surface area contributed by atoms with Crippen molar-refractivity contribution in [3.05, 3.63) is 23.8 Å². The first-order valence-electron chi connectivity index (χ1n) is 13.2. The fourth-order valence-corrected chi connectivity index (χ4v) is 6.83. The van der Waals surface area contributed by atoms with E-state index in [4.69, 9.17) is 23.7 Å². The van der Waals surface area contributed by atoms with E-state index in [2.05, 4.69) is 0 Å². The smallest absolute Gasteiger partial charge is 0.342 e. The summed E-state index contributed by atoms with van der Waals surface area (Å²) in [6.07, 6.45) is 1.31. The Morgan fingerprint density at radius 1 is 1.13 bits per heavy atom. The van der Waals surface area contributed by atoms with E-state index < -0.39 is 82.8 Å². The number of hydrogen-bond acceptors (Lipinski definition) is 10. The number of epoxide rings is 1. The van der Waals surface area contributed by atoms with Gasteiger partial charge in [-0.1, -0.05) is 32.4 Å². The lowest BCUT2D eigenvalue weighted by Gasteiger charge is -2.56. The number of esters is 4. The highest BCUT2D eigenvalue weighted by atomic mass is 16.7. The van der Waals surface area contributed by atoms with Crippen molar-refractivity contribution in [1.82, 2.24) is 0 Å². The summed E-state index contributed by atoms with van der Waals surface area (Å²) in [4.78, 5) is 50.0.